The van der Waals surface area contributed by atoms with Crippen molar-refractivity contribution >= 4 is 24.7 Å². The number of carbonyl (C=O) groups is 1. The number of benzene rings is 4. The van der Waals surface area contributed by atoms with Crippen molar-refractivity contribution < 1.29 is 19.1 Å². The van der Waals surface area contributed by atoms with Crippen LogP contribution in [0.5, 0.6) is 0 Å². The van der Waals surface area contributed by atoms with E-state index in [0.29, 0.717) is 17.6 Å². The highest BCUT2D eigenvalue weighted by atomic mass is 28.4. The Morgan fingerprint density at radius 3 is 1.80 bits per heavy atom. The van der Waals surface area contributed by atoms with Crippen molar-refractivity contribution in [1.82, 2.24) is 0 Å². The van der Waals surface area contributed by atoms with Crippen molar-refractivity contribution in [1.29, 1.82) is 0 Å². The van der Waals surface area contributed by atoms with Gasteiger partial charge >= 0.3 is 5.97 Å². The van der Waals surface area contributed by atoms with Crippen LogP contribution in [0.3, 0.4) is 0 Å². The molecule has 0 bridgehead atoms. The maximum absolute atomic E-state index is 13.1. The summed E-state index contributed by atoms with van der Waals surface area (Å²) >= 11 is 0. The van der Waals surface area contributed by atoms with Gasteiger partial charge in [-0.2, -0.15) is 0 Å². The molecule has 0 radical (unpaired) electrons. The molecular weight excluding hydrogens is 524 g/mol. The van der Waals surface area contributed by atoms with Crippen LogP contribution in [0.25, 0.3) is 11.1 Å². The molecule has 4 nitrogen and oxygen atoms in total. The Hall–Kier alpha value is -3.77. The molecule has 210 valence electrons. The number of carbonyl (C=O) groups excluding carboxylic acids is 1. The fraction of sp³-hybridized carbons (Fsp3) is 0.250. The maximum Gasteiger partial charge on any atom is 0.338 e. The fourth-order valence-corrected chi connectivity index (χ4v) is 10.7. The highest BCUT2D eigenvalue weighted by Gasteiger charge is 2.54. The van der Waals surface area contributed by atoms with Crippen LogP contribution in [0.1, 0.15) is 37.6 Å². The molecule has 0 spiro atoms. The van der Waals surface area contributed by atoms with E-state index in [4.69, 9.17) is 9.16 Å². The summed E-state index contributed by atoms with van der Waals surface area (Å²) < 4.78 is 13.2. The number of ether oxygens (including phenoxy) is 1. The van der Waals surface area contributed by atoms with Crippen molar-refractivity contribution in [2.45, 2.75) is 44.4 Å². The first kappa shape index (κ1) is 28.7. The van der Waals surface area contributed by atoms with Crippen molar-refractivity contribution in [3.8, 4) is 11.1 Å². The molecule has 0 heterocycles. The monoisotopic (exact) mass is 562 g/mol. The molecule has 0 aromatic heterocycles. The van der Waals surface area contributed by atoms with Crippen molar-refractivity contribution in [2.75, 3.05) is 6.61 Å². The molecule has 1 N–H and O–H groups in total. The predicted octanol–water partition coefficient (Wildman–Crippen LogP) is 6.39. The SMILES string of the molecule is C=C1[C@H](O)C[C@H](O[Si](c2ccccc2)(c2ccccc2)C(C)(C)C)[C@H]1COC(=O)c1ccc(-c2ccccc2)cc1. The molecule has 1 fully saturated rings. The zero-order valence-electron chi connectivity index (χ0n) is 24.0. The number of hydrogen-bond acceptors (Lipinski definition) is 4. The second-order valence-corrected chi connectivity index (χ2v) is 16.0. The number of rotatable bonds is 8. The summed E-state index contributed by atoms with van der Waals surface area (Å²) in [6.07, 6.45) is -0.652. The van der Waals surface area contributed by atoms with Crippen molar-refractivity contribution in [3.63, 3.8) is 0 Å². The standard InChI is InChI=1S/C36H38O4Si/c1-26-32(25-39-35(38)29-22-20-28(21-23-29)27-14-8-5-9-15-27)34(24-33(26)37)40-41(36(2,3)4,30-16-10-6-11-17-30)31-18-12-7-13-19-31/h5-23,32-34,37H,1,24-25H2,2-4H3/t32-,33+,34-/m0/s1. The summed E-state index contributed by atoms with van der Waals surface area (Å²) in [4.78, 5) is 13.1. The first-order valence-corrected chi connectivity index (χ1v) is 16.1. The largest absolute Gasteiger partial charge is 0.461 e. The van der Waals surface area contributed by atoms with Gasteiger partial charge in [0.2, 0.25) is 0 Å². The summed E-state index contributed by atoms with van der Waals surface area (Å²) in [6, 6.07) is 38.3. The predicted molar refractivity (Wildman–Crippen MR) is 168 cm³/mol. The lowest BCUT2D eigenvalue weighted by molar-refractivity contribution is 0.0364. The third-order valence-corrected chi connectivity index (χ3v) is 13.2. The number of hydrogen-bond donors (Lipinski definition) is 1. The Morgan fingerprint density at radius 1 is 0.805 bits per heavy atom. The summed E-state index contributed by atoms with van der Waals surface area (Å²) in [7, 11) is -2.87. The minimum atomic E-state index is -2.87. The Morgan fingerprint density at radius 2 is 1.29 bits per heavy atom. The molecule has 0 saturated heterocycles. The average molecular weight is 563 g/mol. The first-order valence-electron chi connectivity index (χ1n) is 14.2. The quantitative estimate of drug-likeness (QED) is 0.154. The lowest BCUT2D eigenvalue weighted by Gasteiger charge is -2.45. The van der Waals surface area contributed by atoms with Crippen LogP contribution >= 0.6 is 0 Å². The Balaban J connectivity index is 1.40. The molecule has 1 aliphatic carbocycles. The van der Waals surface area contributed by atoms with Gasteiger partial charge in [0.15, 0.2) is 0 Å². The van der Waals surface area contributed by atoms with E-state index < -0.39 is 20.4 Å². The van der Waals surface area contributed by atoms with E-state index in [1.807, 2.05) is 54.6 Å². The highest BCUT2D eigenvalue weighted by Crippen LogP contribution is 2.42. The zero-order chi connectivity index (χ0) is 29.0. The normalized spacial score (nSPS) is 19.2. The van der Waals surface area contributed by atoms with E-state index in [1.54, 1.807) is 12.1 Å². The zero-order valence-corrected chi connectivity index (χ0v) is 25.0. The van der Waals surface area contributed by atoms with Crippen LogP contribution in [0.4, 0.5) is 0 Å². The van der Waals surface area contributed by atoms with Crippen LogP contribution in [0.15, 0.2) is 127 Å². The van der Waals surface area contributed by atoms with E-state index in [9.17, 15) is 9.90 Å². The minimum absolute atomic E-state index is 0.0953. The van der Waals surface area contributed by atoms with Gasteiger partial charge in [0.05, 0.1) is 17.8 Å². The Bertz CT molecular complexity index is 1420. The Labute approximate surface area is 244 Å². The van der Waals surface area contributed by atoms with E-state index in [-0.39, 0.29) is 23.7 Å². The van der Waals surface area contributed by atoms with Crippen LogP contribution < -0.4 is 10.4 Å². The number of aliphatic hydroxyl groups is 1. The molecule has 1 aliphatic rings. The van der Waals surface area contributed by atoms with Gasteiger partial charge in [-0.1, -0.05) is 130 Å². The van der Waals surface area contributed by atoms with Crippen LogP contribution in [-0.2, 0) is 9.16 Å². The highest BCUT2D eigenvalue weighted by molar-refractivity contribution is 6.99. The lowest BCUT2D eigenvalue weighted by atomic mass is 10.0. The van der Waals surface area contributed by atoms with Crippen LogP contribution in [0.2, 0.25) is 5.04 Å². The van der Waals surface area contributed by atoms with Gasteiger partial charge in [-0.15, -0.1) is 0 Å². The molecule has 0 aliphatic heterocycles. The van der Waals surface area contributed by atoms with E-state index in [0.717, 1.165) is 11.1 Å². The molecule has 3 atom stereocenters. The molecule has 41 heavy (non-hydrogen) atoms. The van der Waals surface area contributed by atoms with Gasteiger partial charge in [-0.05, 0) is 44.2 Å². The second kappa shape index (κ2) is 12.0. The maximum atomic E-state index is 13.1. The number of esters is 1. The van der Waals surface area contributed by atoms with Gasteiger partial charge in [-0.3, -0.25) is 0 Å². The van der Waals surface area contributed by atoms with Crippen molar-refractivity contribution in [3.05, 3.63) is 133 Å². The topological polar surface area (TPSA) is 55.8 Å². The Kier molecular flexibility index (Phi) is 8.41. The van der Waals surface area contributed by atoms with Gasteiger partial charge < -0.3 is 14.3 Å². The molecule has 4 aromatic rings. The van der Waals surface area contributed by atoms with Gasteiger partial charge in [0, 0.05) is 12.3 Å². The molecule has 1 saturated carbocycles. The molecule has 0 amide bonds. The molecule has 5 rings (SSSR count). The van der Waals surface area contributed by atoms with Gasteiger partial charge in [-0.25, -0.2) is 4.79 Å². The van der Waals surface area contributed by atoms with E-state index in [1.165, 1.54) is 10.4 Å². The molecule has 4 aromatic carbocycles. The summed E-state index contributed by atoms with van der Waals surface area (Å²) in [6.45, 7) is 11.0. The number of aliphatic hydroxyl groups excluding tert-OH is 1. The van der Waals surface area contributed by atoms with Crippen molar-refractivity contribution in [2.24, 2.45) is 5.92 Å². The summed E-state index contributed by atoms with van der Waals surface area (Å²) in [5, 5.41) is 13.0. The average Bonchev–Trinajstić information content (AvgIpc) is 3.26. The van der Waals surface area contributed by atoms with Crippen LogP contribution in [0, 0.1) is 5.92 Å². The summed E-state index contributed by atoms with van der Waals surface area (Å²) in [5.74, 6) is -0.720. The van der Waals surface area contributed by atoms with E-state index in [2.05, 4.69) is 75.9 Å². The van der Waals surface area contributed by atoms with E-state index >= 15 is 0 Å². The van der Waals surface area contributed by atoms with Gasteiger partial charge in [0.1, 0.15) is 6.61 Å². The molecule has 0 unspecified atom stereocenters. The fourth-order valence-electron chi connectivity index (χ4n) is 5.96. The third kappa shape index (κ3) is 5.84. The third-order valence-electron chi connectivity index (χ3n) is 8.18. The first-order chi connectivity index (χ1) is 19.7. The van der Waals surface area contributed by atoms with Gasteiger partial charge in [0.25, 0.3) is 8.32 Å². The lowest BCUT2D eigenvalue weighted by Crippen LogP contribution is -2.68. The van der Waals surface area contributed by atoms with Crippen LogP contribution in [-0.4, -0.2) is 38.2 Å². The smallest absolute Gasteiger partial charge is 0.338 e. The molecule has 5 heteroatoms. The minimum Gasteiger partial charge on any atom is -0.461 e. The molecular formula is C36H38O4Si. The second-order valence-electron chi connectivity index (χ2n) is 11.8. The summed E-state index contributed by atoms with van der Waals surface area (Å²) in [5.41, 5.74) is 3.26.